The molecule has 0 aromatic carbocycles. The van der Waals surface area contributed by atoms with Gasteiger partial charge in [0.25, 0.3) is 5.09 Å². The second kappa shape index (κ2) is 7.10. The number of ether oxygens (including phenoxy) is 2. The number of hydrogen-bond acceptors (Lipinski definition) is 6. The van der Waals surface area contributed by atoms with Gasteiger partial charge in [-0.15, -0.1) is 10.1 Å². The van der Waals surface area contributed by atoms with E-state index in [1.165, 1.54) is 6.92 Å². The molecule has 2 unspecified atom stereocenters. The smallest absolute Gasteiger partial charge is 0.431 e. The maximum Gasteiger partial charge on any atom is 0.510 e. The molecule has 15 heavy (non-hydrogen) atoms. The summed E-state index contributed by atoms with van der Waals surface area (Å²) < 4.78 is 9.17. The molecule has 0 amide bonds. The number of carbonyl (C=O) groups is 1. The summed E-state index contributed by atoms with van der Waals surface area (Å²) >= 11 is 5.36. The first kappa shape index (κ1) is 13.8. The van der Waals surface area contributed by atoms with Crippen LogP contribution in [0.2, 0.25) is 0 Å². The first-order valence-electron chi connectivity index (χ1n) is 4.20. The van der Waals surface area contributed by atoms with E-state index < -0.39 is 22.9 Å². The molecule has 88 valence electrons. The fraction of sp³-hybridized carbons (Fsp3) is 0.857. The molecule has 0 saturated carbocycles. The summed E-state index contributed by atoms with van der Waals surface area (Å²) in [7, 11) is 0. The molecule has 0 aliphatic heterocycles. The van der Waals surface area contributed by atoms with Crippen LogP contribution in [-0.2, 0) is 14.3 Å². The van der Waals surface area contributed by atoms with Crippen LogP contribution in [-0.4, -0.2) is 29.5 Å². The van der Waals surface area contributed by atoms with Gasteiger partial charge in [-0.3, -0.25) is 0 Å². The number of alkyl halides is 1. The molecular formula is C7H12ClNO6. The number of halogens is 1. The Labute approximate surface area is 91.3 Å². The molecule has 0 spiro atoms. The zero-order valence-corrected chi connectivity index (χ0v) is 9.10. The van der Waals surface area contributed by atoms with E-state index >= 15 is 0 Å². The van der Waals surface area contributed by atoms with Crippen LogP contribution in [0.25, 0.3) is 0 Å². The molecule has 0 aromatic rings. The minimum atomic E-state index is -0.911. The van der Waals surface area contributed by atoms with Crippen molar-refractivity contribution in [2.75, 3.05) is 6.61 Å². The largest absolute Gasteiger partial charge is 0.510 e. The average Bonchev–Trinajstić information content (AvgIpc) is 2.00. The second-order valence-corrected chi connectivity index (χ2v) is 3.30. The van der Waals surface area contributed by atoms with Gasteiger partial charge in [-0.2, -0.15) is 0 Å². The third kappa shape index (κ3) is 9.07. The zero-order valence-electron chi connectivity index (χ0n) is 8.34. The Morgan fingerprint density at radius 3 is 2.53 bits per heavy atom. The lowest BCUT2D eigenvalue weighted by Gasteiger charge is -2.13. The first-order valence-corrected chi connectivity index (χ1v) is 4.64. The normalized spacial score (nSPS) is 13.8. The Bertz CT molecular complexity index is 222. The molecule has 0 aliphatic carbocycles. The van der Waals surface area contributed by atoms with Crippen molar-refractivity contribution < 1.29 is 24.2 Å². The Morgan fingerprint density at radius 2 is 2.07 bits per heavy atom. The molecule has 0 aliphatic rings. The standard InChI is InChI=1S/C7H12ClNO6/c1-5(3-4-13-9(11)12)14-7(10)15-6(2)8/h5-6H,3-4H2,1-2H3. The molecule has 0 N–H and O–H groups in total. The lowest BCUT2D eigenvalue weighted by atomic mass is 10.3. The van der Waals surface area contributed by atoms with Crippen molar-refractivity contribution in [2.45, 2.75) is 31.9 Å². The van der Waals surface area contributed by atoms with E-state index in [1.54, 1.807) is 6.92 Å². The highest BCUT2D eigenvalue weighted by atomic mass is 35.5. The summed E-state index contributed by atoms with van der Waals surface area (Å²) in [5.74, 6) is 0. The van der Waals surface area contributed by atoms with Crippen molar-refractivity contribution in [3.63, 3.8) is 0 Å². The molecule has 0 radical (unpaired) electrons. The first-order chi connectivity index (χ1) is 6.91. The maximum atomic E-state index is 10.9. The van der Waals surface area contributed by atoms with Gasteiger partial charge < -0.3 is 14.3 Å². The maximum absolute atomic E-state index is 10.9. The fourth-order valence-electron chi connectivity index (χ4n) is 0.677. The van der Waals surface area contributed by atoms with Gasteiger partial charge in [0.15, 0.2) is 5.56 Å². The summed E-state index contributed by atoms with van der Waals surface area (Å²) in [6.07, 6.45) is -1.24. The van der Waals surface area contributed by atoms with Gasteiger partial charge in [-0.25, -0.2) is 4.79 Å². The highest BCUT2D eigenvalue weighted by Crippen LogP contribution is 2.04. The van der Waals surface area contributed by atoms with Crippen LogP contribution in [0, 0.1) is 10.1 Å². The number of nitrogens with zero attached hydrogens (tertiary/aromatic N) is 1. The van der Waals surface area contributed by atoms with Crippen molar-refractivity contribution in [1.29, 1.82) is 0 Å². The molecular weight excluding hydrogens is 230 g/mol. The van der Waals surface area contributed by atoms with E-state index in [1.807, 2.05) is 0 Å². The quantitative estimate of drug-likeness (QED) is 0.304. The predicted molar refractivity (Wildman–Crippen MR) is 49.9 cm³/mol. The van der Waals surface area contributed by atoms with Crippen LogP contribution < -0.4 is 0 Å². The third-order valence-corrected chi connectivity index (χ3v) is 1.37. The molecule has 0 fully saturated rings. The van der Waals surface area contributed by atoms with Crippen molar-refractivity contribution in [1.82, 2.24) is 0 Å². The SMILES string of the molecule is CC(Cl)OC(=O)OC(C)CCO[N+](=O)[O-]. The van der Waals surface area contributed by atoms with E-state index in [0.29, 0.717) is 0 Å². The Hall–Kier alpha value is -1.24. The Morgan fingerprint density at radius 1 is 1.47 bits per heavy atom. The van der Waals surface area contributed by atoms with Gasteiger partial charge in [0.05, 0.1) is 6.61 Å². The average molecular weight is 242 g/mol. The van der Waals surface area contributed by atoms with Gasteiger partial charge >= 0.3 is 6.16 Å². The molecule has 7 nitrogen and oxygen atoms in total. The van der Waals surface area contributed by atoms with Gasteiger partial charge in [0.2, 0.25) is 0 Å². The number of rotatable bonds is 6. The second-order valence-electron chi connectivity index (χ2n) is 2.68. The Balaban J connectivity index is 3.59. The van der Waals surface area contributed by atoms with Crippen LogP contribution in [0.3, 0.4) is 0 Å². The summed E-state index contributed by atoms with van der Waals surface area (Å²) in [6, 6.07) is 0. The van der Waals surface area contributed by atoms with Crippen LogP contribution in [0.4, 0.5) is 4.79 Å². The minimum Gasteiger partial charge on any atom is -0.431 e. The van der Waals surface area contributed by atoms with Crippen molar-refractivity contribution in [2.24, 2.45) is 0 Å². The number of carbonyl (C=O) groups excluding carboxylic acids is 1. The molecule has 0 saturated heterocycles. The summed E-state index contributed by atoms with van der Waals surface area (Å²) in [4.78, 5) is 24.7. The number of hydrogen-bond donors (Lipinski definition) is 0. The molecule has 0 bridgehead atoms. The van der Waals surface area contributed by atoms with Crippen molar-refractivity contribution in [3.05, 3.63) is 10.1 Å². The van der Waals surface area contributed by atoms with E-state index in [9.17, 15) is 14.9 Å². The predicted octanol–water partition coefficient (Wildman–Crippen LogP) is 1.71. The molecule has 2 atom stereocenters. The van der Waals surface area contributed by atoms with Gasteiger partial charge in [-0.1, -0.05) is 11.6 Å². The summed E-state index contributed by atoms with van der Waals surface area (Å²) in [5.41, 5.74) is -0.778. The van der Waals surface area contributed by atoms with Crippen molar-refractivity contribution in [3.8, 4) is 0 Å². The monoisotopic (exact) mass is 241 g/mol. The molecule has 0 aromatic heterocycles. The van der Waals surface area contributed by atoms with Crippen LogP contribution in [0.15, 0.2) is 0 Å². The molecule has 0 heterocycles. The summed E-state index contributed by atoms with van der Waals surface area (Å²) in [5, 5.41) is 8.87. The highest BCUT2D eigenvalue weighted by Gasteiger charge is 2.13. The lowest BCUT2D eigenvalue weighted by Crippen LogP contribution is -2.20. The lowest BCUT2D eigenvalue weighted by molar-refractivity contribution is -0.758. The topological polar surface area (TPSA) is 87.9 Å². The van der Waals surface area contributed by atoms with Crippen LogP contribution in [0.5, 0.6) is 0 Å². The van der Waals surface area contributed by atoms with Gasteiger partial charge in [-0.05, 0) is 13.8 Å². The molecule has 0 rings (SSSR count). The van der Waals surface area contributed by atoms with E-state index in [2.05, 4.69) is 9.57 Å². The van der Waals surface area contributed by atoms with E-state index in [4.69, 9.17) is 16.3 Å². The molecule has 8 heteroatoms. The Kier molecular flexibility index (Phi) is 6.52. The van der Waals surface area contributed by atoms with Crippen molar-refractivity contribution >= 4 is 17.8 Å². The highest BCUT2D eigenvalue weighted by molar-refractivity contribution is 6.19. The third-order valence-electron chi connectivity index (χ3n) is 1.28. The zero-order chi connectivity index (χ0) is 11.8. The summed E-state index contributed by atoms with van der Waals surface area (Å²) in [6.45, 7) is 2.88. The van der Waals surface area contributed by atoms with E-state index in [-0.39, 0.29) is 13.0 Å². The van der Waals surface area contributed by atoms with Gasteiger partial charge in [0.1, 0.15) is 6.10 Å². The van der Waals surface area contributed by atoms with Crippen LogP contribution in [0.1, 0.15) is 20.3 Å². The van der Waals surface area contributed by atoms with E-state index in [0.717, 1.165) is 0 Å². The minimum absolute atomic E-state index is 0.141. The van der Waals surface area contributed by atoms with Crippen LogP contribution >= 0.6 is 11.6 Å². The fourth-order valence-corrected chi connectivity index (χ4v) is 0.750. The van der Waals surface area contributed by atoms with Gasteiger partial charge in [0, 0.05) is 6.42 Å².